The highest BCUT2D eigenvalue weighted by molar-refractivity contribution is 5.40. The van der Waals surface area contributed by atoms with Gasteiger partial charge in [-0.05, 0) is 41.5 Å². The molecule has 0 spiro atoms. The first-order valence-electron chi connectivity index (χ1n) is 5.48. The van der Waals surface area contributed by atoms with Gasteiger partial charge in [-0.3, -0.25) is 0 Å². The van der Waals surface area contributed by atoms with E-state index in [1.54, 1.807) is 7.11 Å². The molecule has 2 heteroatoms. The van der Waals surface area contributed by atoms with Crippen LogP contribution in [0.5, 0.6) is 5.75 Å². The molecular weight excluding hydrogens is 188 g/mol. The summed E-state index contributed by atoms with van der Waals surface area (Å²) in [4.78, 5) is 0. The topological polar surface area (TPSA) is 29.5 Å². The first-order chi connectivity index (χ1) is 7.13. The summed E-state index contributed by atoms with van der Waals surface area (Å²) in [5.74, 6) is 1.70. The third-order valence-electron chi connectivity index (χ3n) is 3.39. The van der Waals surface area contributed by atoms with Crippen molar-refractivity contribution in [2.24, 2.45) is 11.8 Å². The average molecular weight is 206 g/mol. The maximum Gasteiger partial charge on any atom is 0.119 e. The molecular formula is C13H18O2. The zero-order valence-electron chi connectivity index (χ0n) is 9.53. The number of hydrogen-bond acceptors (Lipinski definition) is 2. The fraction of sp³-hybridized carbons (Fsp3) is 0.538. The number of aliphatic hydroxyl groups excluding tert-OH is 1. The van der Waals surface area contributed by atoms with E-state index in [1.807, 2.05) is 12.1 Å². The lowest BCUT2D eigenvalue weighted by atomic mass is 9.91. The van der Waals surface area contributed by atoms with E-state index in [9.17, 15) is 5.11 Å². The number of ether oxygens (including phenoxy) is 1. The van der Waals surface area contributed by atoms with Crippen LogP contribution in [0.3, 0.4) is 0 Å². The van der Waals surface area contributed by atoms with Gasteiger partial charge < -0.3 is 9.84 Å². The summed E-state index contributed by atoms with van der Waals surface area (Å²) in [6, 6.07) is 6.00. The van der Waals surface area contributed by atoms with Gasteiger partial charge in [-0.25, -0.2) is 0 Å². The molecule has 0 amide bonds. The van der Waals surface area contributed by atoms with Crippen LogP contribution in [0.4, 0.5) is 0 Å². The summed E-state index contributed by atoms with van der Waals surface area (Å²) >= 11 is 0. The number of aliphatic hydroxyl groups is 1. The molecule has 1 aliphatic rings. The third-order valence-corrected chi connectivity index (χ3v) is 3.39. The van der Waals surface area contributed by atoms with Crippen molar-refractivity contribution in [1.29, 1.82) is 0 Å². The maximum atomic E-state index is 10.2. The second-order valence-electron chi connectivity index (χ2n) is 4.62. The predicted molar refractivity (Wildman–Crippen MR) is 60.0 cm³/mol. The molecule has 0 bridgehead atoms. The van der Waals surface area contributed by atoms with E-state index in [1.165, 1.54) is 5.56 Å². The van der Waals surface area contributed by atoms with Crippen molar-refractivity contribution in [2.75, 3.05) is 7.11 Å². The molecule has 1 aromatic carbocycles. The monoisotopic (exact) mass is 206 g/mol. The van der Waals surface area contributed by atoms with Crippen molar-refractivity contribution >= 4 is 0 Å². The molecule has 0 saturated carbocycles. The number of methoxy groups -OCH3 is 1. The van der Waals surface area contributed by atoms with Gasteiger partial charge in [0.2, 0.25) is 0 Å². The SMILES string of the molecule is COc1ccc2c(c1)C(O)C(C(C)C)C2. The molecule has 1 aliphatic carbocycles. The van der Waals surface area contributed by atoms with Gasteiger partial charge in [0.05, 0.1) is 13.2 Å². The second-order valence-corrected chi connectivity index (χ2v) is 4.62. The minimum Gasteiger partial charge on any atom is -0.497 e. The van der Waals surface area contributed by atoms with Crippen LogP contribution in [-0.4, -0.2) is 12.2 Å². The van der Waals surface area contributed by atoms with E-state index in [-0.39, 0.29) is 6.10 Å². The highest BCUT2D eigenvalue weighted by Crippen LogP contribution is 2.41. The largest absolute Gasteiger partial charge is 0.497 e. The lowest BCUT2D eigenvalue weighted by Crippen LogP contribution is -2.13. The molecule has 2 atom stereocenters. The van der Waals surface area contributed by atoms with Gasteiger partial charge in [0, 0.05) is 0 Å². The van der Waals surface area contributed by atoms with E-state index in [4.69, 9.17) is 4.74 Å². The number of fused-ring (bicyclic) bond motifs is 1. The molecule has 2 rings (SSSR count). The summed E-state index contributed by atoms with van der Waals surface area (Å²) in [5, 5.41) is 10.2. The second kappa shape index (κ2) is 3.86. The van der Waals surface area contributed by atoms with E-state index in [0.717, 1.165) is 17.7 Å². The Hall–Kier alpha value is -1.02. The van der Waals surface area contributed by atoms with Gasteiger partial charge in [0.1, 0.15) is 5.75 Å². The Balaban J connectivity index is 2.33. The molecule has 15 heavy (non-hydrogen) atoms. The van der Waals surface area contributed by atoms with Crippen molar-refractivity contribution in [3.8, 4) is 5.75 Å². The van der Waals surface area contributed by atoms with Crippen LogP contribution in [0.15, 0.2) is 18.2 Å². The van der Waals surface area contributed by atoms with Crippen LogP contribution < -0.4 is 4.74 Å². The third kappa shape index (κ3) is 1.74. The standard InChI is InChI=1S/C13H18O2/c1-8(2)11-6-9-4-5-10(15-3)7-12(9)13(11)14/h4-5,7-8,11,13-14H,6H2,1-3H3. The quantitative estimate of drug-likeness (QED) is 0.805. The van der Waals surface area contributed by atoms with E-state index in [2.05, 4.69) is 19.9 Å². The molecule has 0 aliphatic heterocycles. The minimum absolute atomic E-state index is 0.324. The lowest BCUT2D eigenvalue weighted by molar-refractivity contribution is 0.0967. The smallest absolute Gasteiger partial charge is 0.119 e. The molecule has 0 aromatic heterocycles. The maximum absolute atomic E-state index is 10.2. The fourth-order valence-corrected chi connectivity index (χ4v) is 2.36. The Morgan fingerprint density at radius 2 is 2.13 bits per heavy atom. The zero-order chi connectivity index (χ0) is 11.0. The Bertz CT molecular complexity index is 358. The molecule has 0 heterocycles. The normalized spacial score (nSPS) is 24.3. The Morgan fingerprint density at radius 1 is 1.40 bits per heavy atom. The Morgan fingerprint density at radius 3 is 2.73 bits per heavy atom. The van der Waals surface area contributed by atoms with Crippen LogP contribution in [0.25, 0.3) is 0 Å². The summed E-state index contributed by atoms with van der Waals surface area (Å²) in [6.45, 7) is 4.33. The molecule has 2 unspecified atom stereocenters. The zero-order valence-corrected chi connectivity index (χ0v) is 9.53. The van der Waals surface area contributed by atoms with Crippen molar-refractivity contribution in [2.45, 2.75) is 26.4 Å². The predicted octanol–water partition coefficient (Wildman–Crippen LogP) is 2.56. The first-order valence-corrected chi connectivity index (χ1v) is 5.48. The van der Waals surface area contributed by atoms with E-state index < -0.39 is 0 Å². The highest BCUT2D eigenvalue weighted by atomic mass is 16.5. The van der Waals surface area contributed by atoms with Gasteiger partial charge in [-0.15, -0.1) is 0 Å². The van der Waals surface area contributed by atoms with Crippen molar-refractivity contribution < 1.29 is 9.84 Å². The van der Waals surface area contributed by atoms with Crippen molar-refractivity contribution in [3.63, 3.8) is 0 Å². The van der Waals surface area contributed by atoms with Gasteiger partial charge in [0.15, 0.2) is 0 Å². The highest BCUT2D eigenvalue weighted by Gasteiger charge is 2.32. The van der Waals surface area contributed by atoms with Gasteiger partial charge in [-0.2, -0.15) is 0 Å². The number of rotatable bonds is 2. The van der Waals surface area contributed by atoms with Gasteiger partial charge in [0.25, 0.3) is 0 Å². The first kappa shape index (κ1) is 10.5. The summed E-state index contributed by atoms with van der Waals surface area (Å²) in [7, 11) is 1.66. The van der Waals surface area contributed by atoms with Crippen LogP contribution in [0, 0.1) is 11.8 Å². The van der Waals surface area contributed by atoms with Gasteiger partial charge >= 0.3 is 0 Å². The van der Waals surface area contributed by atoms with Crippen molar-refractivity contribution in [3.05, 3.63) is 29.3 Å². The van der Waals surface area contributed by atoms with Crippen LogP contribution >= 0.6 is 0 Å². The molecule has 1 N–H and O–H groups in total. The minimum atomic E-state index is -0.324. The Labute approximate surface area is 90.9 Å². The van der Waals surface area contributed by atoms with Gasteiger partial charge in [-0.1, -0.05) is 19.9 Å². The summed E-state index contributed by atoms with van der Waals surface area (Å²) in [5.41, 5.74) is 2.31. The lowest BCUT2D eigenvalue weighted by Gasteiger charge is -2.18. The average Bonchev–Trinajstić information content (AvgIpc) is 2.56. The van der Waals surface area contributed by atoms with Crippen LogP contribution in [-0.2, 0) is 6.42 Å². The van der Waals surface area contributed by atoms with E-state index in [0.29, 0.717) is 11.8 Å². The molecule has 0 saturated heterocycles. The van der Waals surface area contributed by atoms with Crippen molar-refractivity contribution in [1.82, 2.24) is 0 Å². The molecule has 82 valence electrons. The number of benzene rings is 1. The molecule has 1 aromatic rings. The Kier molecular flexibility index (Phi) is 2.70. The van der Waals surface area contributed by atoms with Crippen LogP contribution in [0.2, 0.25) is 0 Å². The summed E-state index contributed by atoms with van der Waals surface area (Å²) < 4.78 is 5.17. The molecule has 0 radical (unpaired) electrons. The van der Waals surface area contributed by atoms with E-state index >= 15 is 0 Å². The molecule has 0 fully saturated rings. The molecule has 2 nitrogen and oxygen atoms in total. The van der Waals surface area contributed by atoms with Crippen LogP contribution in [0.1, 0.15) is 31.1 Å². The summed E-state index contributed by atoms with van der Waals surface area (Å²) in [6.07, 6.45) is 0.660. The fourth-order valence-electron chi connectivity index (χ4n) is 2.36. The number of hydrogen-bond donors (Lipinski definition) is 1.